The number of hydrogen-bond acceptors (Lipinski definition) is 1. The van der Waals surface area contributed by atoms with Crippen LogP contribution in [0.1, 0.15) is 45.6 Å². The van der Waals surface area contributed by atoms with Crippen molar-refractivity contribution in [1.29, 1.82) is 0 Å². The molecule has 4 rings (SSSR count). The average Bonchev–Trinajstić information content (AvgIpc) is 2.62. The van der Waals surface area contributed by atoms with Gasteiger partial charge in [-0.15, -0.1) is 0 Å². The second-order valence-corrected chi connectivity index (χ2v) is 11.6. The third-order valence-corrected chi connectivity index (χ3v) is 10.2. The molecule has 1 nitrogen and oxygen atoms in total. The third kappa shape index (κ3) is 2.81. The highest BCUT2D eigenvalue weighted by Crippen LogP contribution is 2.64. The highest BCUT2D eigenvalue weighted by molar-refractivity contribution is 7.72. The lowest BCUT2D eigenvalue weighted by molar-refractivity contribution is 0.236. The van der Waals surface area contributed by atoms with Gasteiger partial charge >= 0.3 is 0 Å². The van der Waals surface area contributed by atoms with Gasteiger partial charge in [0.1, 0.15) is 7.14 Å². The Morgan fingerprint density at radius 2 is 1.64 bits per heavy atom. The Morgan fingerprint density at radius 1 is 0.960 bits per heavy atom. The Labute approximate surface area is 152 Å². The molecule has 0 radical (unpaired) electrons. The van der Waals surface area contributed by atoms with Crippen molar-refractivity contribution in [2.24, 2.45) is 17.8 Å². The lowest BCUT2D eigenvalue weighted by Crippen LogP contribution is -2.36. The summed E-state index contributed by atoms with van der Waals surface area (Å²) in [6, 6.07) is 17.1. The van der Waals surface area contributed by atoms with E-state index in [4.69, 9.17) is 0 Å². The van der Waals surface area contributed by atoms with E-state index < -0.39 is 7.14 Å². The van der Waals surface area contributed by atoms with E-state index in [0.29, 0.717) is 23.4 Å². The van der Waals surface area contributed by atoms with Crippen molar-refractivity contribution in [3.05, 3.63) is 54.1 Å². The zero-order chi connectivity index (χ0) is 17.6. The second kappa shape index (κ2) is 6.44. The van der Waals surface area contributed by atoms with E-state index in [0.717, 1.165) is 17.9 Å². The maximum Gasteiger partial charge on any atom is 0.123 e. The Balaban J connectivity index is 1.88. The highest BCUT2D eigenvalue weighted by Gasteiger charge is 2.46. The van der Waals surface area contributed by atoms with Crippen molar-refractivity contribution >= 4 is 12.4 Å². The number of hydrogen-bond donors (Lipinski definition) is 0. The van der Waals surface area contributed by atoms with Crippen molar-refractivity contribution in [3.63, 3.8) is 0 Å². The molecule has 0 bridgehead atoms. The SMILES string of the molecule is CC1CCC(C(C)C)C(P2(=O)Cc3ccccc3-c3ccccc32)C1. The largest absolute Gasteiger partial charge is 0.318 e. The van der Waals surface area contributed by atoms with Gasteiger partial charge in [-0.1, -0.05) is 75.7 Å². The molecule has 0 saturated heterocycles. The van der Waals surface area contributed by atoms with Crippen LogP contribution < -0.4 is 5.30 Å². The van der Waals surface area contributed by atoms with Gasteiger partial charge in [-0.2, -0.15) is 0 Å². The zero-order valence-electron chi connectivity index (χ0n) is 15.6. The molecule has 2 aliphatic rings. The molecule has 1 saturated carbocycles. The van der Waals surface area contributed by atoms with Gasteiger partial charge in [-0.25, -0.2) is 0 Å². The van der Waals surface area contributed by atoms with Gasteiger partial charge in [0.15, 0.2) is 0 Å². The fourth-order valence-electron chi connectivity index (χ4n) is 5.22. The first-order valence-electron chi connectivity index (χ1n) is 9.77. The van der Waals surface area contributed by atoms with Crippen molar-refractivity contribution in [3.8, 4) is 11.1 Å². The fourth-order valence-corrected chi connectivity index (χ4v) is 9.52. The number of rotatable bonds is 2. The Hall–Kier alpha value is -1.33. The molecule has 132 valence electrons. The quantitative estimate of drug-likeness (QED) is 0.578. The minimum absolute atomic E-state index is 0.339. The van der Waals surface area contributed by atoms with Crippen molar-refractivity contribution < 1.29 is 4.57 Å². The summed E-state index contributed by atoms with van der Waals surface area (Å²) in [5.41, 5.74) is 4.12. The van der Waals surface area contributed by atoms with Gasteiger partial charge in [0.2, 0.25) is 0 Å². The summed E-state index contributed by atoms with van der Waals surface area (Å²) in [4.78, 5) is 0. The molecule has 1 heterocycles. The Bertz CT molecular complexity index is 822. The molecular formula is C23H29OP. The summed E-state index contributed by atoms with van der Waals surface area (Å²) >= 11 is 0. The molecular weight excluding hydrogens is 323 g/mol. The molecule has 0 spiro atoms. The first kappa shape index (κ1) is 17.1. The van der Waals surface area contributed by atoms with Gasteiger partial charge in [0.25, 0.3) is 0 Å². The van der Waals surface area contributed by atoms with Gasteiger partial charge in [-0.05, 0) is 47.3 Å². The minimum Gasteiger partial charge on any atom is -0.318 e. The van der Waals surface area contributed by atoms with Crippen LogP contribution in [0.5, 0.6) is 0 Å². The predicted molar refractivity (Wildman–Crippen MR) is 108 cm³/mol. The molecule has 1 aliphatic carbocycles. The average molecular weight is 352 g/mol. The van der Waals surface area contributed by atoms with Crippen molar-refractivity contribution in [2.75, 3.05) is 0 Å². The summed E-state index contributed by atoms with van der Waals surface area (Å²) in [6.07, 6.45) is 4.40. The summed E-state index contributed by atoms with van der Waals surface area (Å²) in [5, 5.41) is 1.15. The summed E-state index contributed by atoms with van der Waals surface area (Å²) in [5.74, 6) is 1.88. The van der Waals surface area contributed by atoms with Crippen LogP contribution in [0.3, 0.4) is 0 Å². The van der Waals surface area contributed by atoms with Crippen LogP contribution in [0.2, 0.25) is 0 Å². The lowest BCUT2D eigenvalue weighted by atomic mass is 9.77. The van der Waals surface area contributed by atoms with E-state index in [1.807, 2.05) is 0 Å². The monoisotopic (exact) mass is 352 g/mol. The molecule has 1 fully saturated rings. The molecule has 4 atom stereocenters. The van der Waals surface area contributed by atoms with Crippen molar-refractivity contribution in [2.45, 2.75) is 51.9 Å². The number of fused-ring (bicyclic) bond motifs is 3. The topological polar surface area (TPSA) is 17.1 Å². The highest BCUT2D eigenvalue weighted by atomic mass is 31.2. The van der Waals surface area contributed by atoms with Crippen LogP contribution in [0.15, 0.2) is 48.5 Å². The fraction of sp³-hybridized carbons (Fsp3) is 0.478. The van der Waals surface area contributed by atoms with Gasteiger partial charge in [0.05, 0.1) is 0 Å². The maximum absolute atomic E-state index is 14.6. The summed E-state index contributed by atoms with van der Waals surface area (Å²) < 4.78 is 14.6. The molecule has 25 heavy (non-hydrogen) atoms. The lowest BCUT2D eigenvalue weighted by Gasteiger charge is -2.44. The predicted octanol–water partition coefficient (Wildman–Crippen LogP) is 6.32. The first-order chi connectivity index (χ1) is 12.0. The van der Waals surface area contributed by atoms with Crippen LogP contribution in [0, 0.1) is 17.8 Å². The first-order valence-corrected chi connectivity index (χ1v) is 11.7. The van der Waals surface area contributed by atoms with E-state index in [1.165, 1.54) is 29.5 Å². The van der Waals surface area contributed by atoms with E-state index in [2.05, 4.69) is 69.3 Å². The van der Waals surface area contributed by atoms with E-state index in [-0.39, 0.29) is 0 Å². The summed E-state index contributed by atoms with van der Waals surface area (Å²) in [7, 11) is -2.46. The zero-order valence-corrected chi connectivity index (χ0v) is 16.5. The van der Waals surface area contributed by atoms with E-state index in [1.54, 1.807) is 0 Å². The molecule has 0 aromatic heterocycles. The number of benzene rings is 2. The second-order valence-electron chi connectivity index (χ2n) is 8.52. The molecule has 0 N–H and O–H groups in total. The maximum atomic E-state index is 14.6. The Kier molecular flexibility index (Phi) is 4.40. The van der Waals surface area contributed by atoms with Crippen LogP contribution >= 0.6 is 7.14 Å². The molecule has 2 heteroatoms. The van der Waals surface area contributed by atoms with E-state index in [9.17, 15) is 4.57 Å². The minimum atomic E-state index is -2.46. The standard InChI is InChI=1S/C23H29OP/c1-16(2)19-13-12-17(3)14-23(19)25(24)15-18-8-4-5-9-20(18)21-10-6-7-11-22(21)25/h4-11,16-17,19,23H,12-15H2,1-3H3. The normalized spacial score (nSPS) is 31.4. The van der Waals surface area contributed by atoms with Crippen LogP contribution in [0.25, 0.3) is 11.1 Å². The van der Waals surface area contributed by atoms with Crippen LogP contribution in [-0.2, 0) is 10.7 Å². The molecule has 2 aromatic rings. The van der Waals surface area contributed by atoms with E-state index >= 15 is 0 Å². The van der Waals surface area contributed by atoms with Crippen molar-refractivity contribution in [1.82, 2.24) is 0 Å². The van der Waals surface area contributed by atoms with Gasteiger partial charge < -0.3 is 4.57 Å². The van der Waals surface area contributed by atoms with Gasteiger partial charge in [-0.3, -0.25) is 0 Å². The van der Waals surface area contributed by atoms with Crippen LogP contribution in [-0.4, -0.2) is 5.66 Å². The third-order valence-electron chi connectivity index (χ3n) is 6.55. The molecule has 2 aromatic carbocycles. The summed E-state index contributed by atoms with van der Waals surface area (Å²) in [6.45, 7) is 6.99. The van der Waals surface area contributed by atoms with Gasteiger partial charge in [0, 0.05) is 17.1 Å². The van der Waals surface area contributed by atoms with Crippen LogP contribution in [0.4, 0.5) is 0 Å². The smallest absolute Gasteiger partial charge is 0.123 e. The molecule has 0 amide bonds. The Morgan fingerprint density at radius 3 is 2.40 bits per heavy atom. The molecule has 1 aliphatic heterocycles. The molecule has 4 unspecified atom stereocenters.